The van der Waals surface area contributed by atoms with Crippen molar-refractivity contribution in [3.63, 3.8) is 0 Å². The van der Waals surface area contributed by atoms with E-state index >= 15 is 0 Å². The number of hydrogen-bond donors (Lipinski definition) is 3. The molecule has 0 aromatic rings. The molecule has 0 amide bonds. The van der Waals surface area contributed by atoms with Crippen LogP contribution in [-0.2, 0) is 9.59 Å². The predicted octanol–water partition coefficient (Wildman–Crippen LogP) is -1.57. The summed E-state index contributed by atoms with van der Waals surface area (Å²) >= 11 is 0. The SMILES string of the molecule is CN1CCNC(C(=O)O)C1C(=O)O. The van der Waals surface area contributed by atoms with Crippen LogP contribution in [0, 0.1) is 0 Å². The van der Waals surface area contributed by atoms with Crippen LogP contribution >= 0.6 is 0 Å². The van der Waals surface area contributed by atoms with Crippen LogP contribution in [-0.4, -0.2) is 59.3 Å². The van der Waals surface area contributed by atoms with E-state index in [1.165, 1.54) is 4.90 Å². The molecule has 3 N–H and O–H groups in total. The van der Waals surface area contributed by atoms with Gasteiger partial charge in [0.25, 0.3) is 0 Å². The molecule has 0 aliphatic carbocycles. The number of likely N-dealkylation sites (N-methyl/N-ethyl adjacent to an activating group) is 1. The summed E-state index contributed by atoms with van der Waals surface area (Å²) < 4.78 is 0. The van der Waals surface area contributed by atoms with E-state index in [1.807, 2.05) is 0 Å². The van der Waals surface area contributed by atoms with Gasteiger partial charge in [0.1, 0.15) is 12.1 Å². The molecule has 2 unspecified atom stereocenters. The van der Waals surface area contributed by atoms with Crippen molar-refractivity contribution in [2.45, 2.75) is 12.1 Å². The highest BCUT2D eigenvalue weighted by Gasteiger charge is 2.38. The maximum absolute atomic E-state index is 10.7. The van der Waals surface area contributed by atoms with Gasteiger partial charge in [0.15, 0.2) is 0 Å². The van der Waals surface area contributed by atoms with Crippen LogP contribution in [0.5, 0.6) is 0 Å². The van der Waals surface area contributed by atoms with Crippen LogP contribution in [0.1, 0.15) is 0 Å². The molecule has 13 heavy (non-hydrogen) atoms. The van der Waals surface area contributed by atoms with Crippen LogP contribution < -0.4 is 5.32 Å². The van der Waals surface area contributed by atoms with E-state index < -0.39 is 24.0 Å². The molecule has 1 aliphatic rings. The normalized spacial score (nSPS) is 29.9. The molecular weight excluding hydrogens is 176 g/mol. The molecule has 1 aliphatic heterocycles. The summed E-state index contributed by atoms with van der Waals surface area (Å²) in [6.45, 7) is 1.04. The summed E-state index contributed by atoms with van der Waals surface area (Å²) in [6.07, 6.45) is 0. The van der Waals surface area contributed by atoms with E-state index in [0.29, 0.717) is 13.1 Å². The molecule has 0 spiro atoms. The summed E-state index contributed by atoms with van der Waals surface area (Å²) in [7, 11) is 1.61. The summed E-state index contributed by atoms with van der Waals surface area (Å²) in [6, 6.07) is -2.00. The molecule has 1 heterocycles. The van der Waals surface area contributed by atoms with Gasteiger partial charge in [-0.3, -0.25) is 14.5 Å². The Balaban J connectivity index is 2.80. The zero-order valence-corrected chi connectivity index (χ0v) is 7.23. The van der Waals surface area contributed by atoms with Crippen LogP contribution in [0.15, 0.2) is 0 Å². The molecule has 1 rings (SSSR count). The Labute approximate surface area is 75.1 Å². The van der Waals surface area contributed by atoms with Crippen LogP contribution in [0.2, 0.25) is 0 Å². The van der Waals surface area contributed by atoms with Crippen molar-refractivity contribution >= 4 is 11.9 Å². The van der Waals surface area contributed by atoms with E-state index in [-0.39, 0.29) is 0 Å². The standard InChI is InChI=1S/C7H12N2O4/c1-9-3-2-8-4(6(10)11)5(9)7(12)13/h4-5,8H,2-3H2,1H3,(H,10,11)(H,12,13). The predicted molar refractivity (Wildman–Crippen MR) is 43.5 cm³/mol. The summed E-state index contributed by atoms with van der Waals surface area (Å²) in [5, 5.41) is 20.2. The molecule has 0 bridgehead atoms. The second kappa shape index (κ2) is 3.71. The lowest BCUT2D eigenvalue weighted by molar-refractivity contribution is -0.153. The fraction of sp³-hybridized carbons (Fsp3) is 0.714. The van der Waals surface area contributed by atoms with E-state index in [9.17, 15) is 9.59 Å². The number of aliphatic carboxylic acids is 2. The van der Waals surface area contributed by atoms with Gasteiger partial charge in [-0.2, -0.15) is 0 Å². The van der Waals surface area contributed by atoms with Crippen molar-refractivity contribution in [2.24, 2.45) is 0 Å². The van der Waals surface area contributed by atoms with Gasteiger partial charge in [-0.15, -0.1) is 0 Å². The van der Waals surface area contributed by atoms with Gasteiger partial charge < -0.3 is 15.5 Å². The minimum absolute atomic E-state index is 0.497. The number of nitrogens with one attached hydrogen (secondary N) is 1. The molecule has 2 atom stereocenters. The van der Waals surface area contributed by atoms with E-state index in [4.69, 9.17) is 10.2 Å². The van der Waals surface area contributed by atoms with Crippen molar-refractivity contribution in [1.82, 2.24) is 10.2 Å². The smallest absolute Gasteiger partial charge is 0.323 e. The lowest BCUT2D eigenvalue weighted by atomic mass is 10.0. The van der Waals surface area contributed by atoms with Gasteiger partial charge in [0.2, 0.25) is 0 Å². The quantitative estimate of drug-likeness (QED) is 0.485. The Hall–Kier alpha value is -1.14. The maximum atomic E-state index is 10.7. The highest BCUT2D eigenvalue weighted by atomic mass is 16.4. The topological polar surface area (TPSA) is 89.9 Å². The van der Waals surface area contributed by atoms with E-state index in [2.05, 4.69) is 5.32 Å². The Morgan fingerprint density at radius 3 is 2.38 bits per heavy atom. The minimum Gasteiger partial charge on any atom is -0.480 e. The molecule has 0 aromatic carbocycles. The zero-order chi connectivity index (χ0) is 10.0. The maximum Gasteiger partial charge on any atom is 0.323 e. The number of rotatable bonds is 2. The lowest BCUT2D eigenvalue weighted by Gasteiger charge is -2.34. The molecule has 0 saturated carbocycles. The van der Waals surface area contributed by atoms with Crippen LogP contribution in [0.3, 0.4) is 0 Å². The lowest BCUT2D eigenvalue weighted by Crippen LogP contribution is -2.62. The van der Waals surface area contributed by atoms with Gasteiger partial charge in [-0.25, -0.2) is 0 Å². The highest BCUT2D eigenvalue weighted by molar-refractivity contribution is 5.85. The number of piperazine rings is 1. The van der Waals surface area contributed by atoms with Crippen molar-refractivity contribution in [3.05, 3.63) is 0 Å². The van der Waals surface area contributed by atoms with Crippen molar-refractivity contribution in [3.8, 4) is 0 Å². The molecule has 6 heteroatoms. The first-order chi connectivity index (χ1) is 6.04. The fourth-order valence-corrected chi connectivity index (χ4v) is 1.46. The van der Waals surface area contributed by atoms with E-state index in [1.54, 1.807) is 7.05 Å². The van der Waals surface area contributed by atoms with Gasteiger partial charge >= 0.3 is 11.9 Å². The third-order valence-corrected chi connectivity index (χ3v) is 2.14. The van der Waals surface area contributed by atoms with Gasteiger partial charge in [0.05, 0.1) is 0 Å². The van der Waals surface area contributed by atoms with Gasteiger partial charge in [-0.1, -0.05) is 0 Å². The van der Waals surface area contributed by atoms with Crippen LogP contribution in [0.25, 0.3) is 0 Å². The van der Waals surface area contributed by atoms with Crippen molar-refractivity contribution in [1.29, 1.82) is 0 Å². The average Bonchev–Trinajstić information content (AvgIpc) is 2.02. The van der Waals surface area contributed by atoms with Gasteiger partial charge in [-0.05, 0) is 7.05 Å². The minimum atomic E-state index is -1.13. The average molecular weight is 188 g/mol. The number of carboxylic acids is 2. The Kier molecular flexibility index (Phi) is 2.84. The molecule has 0 radical (unpaired) electrons. The molecule has 0 aromatic heterocycles. The van der Waals surface area contributed by atoms with Crippen molar-refractivity contribution in [2.75, 3.05) is 20.1 Å². The Bertz CT molecular complexity index is 231. The summed E-state index contributed by atoms with van der Waals surface area (Å²) in [5.74, 6) is -2.24. The van der Waals surface area contributed by atoms with Crippen LogP contribution in [0.4, 0.5) is 0 Å². The van der Waals surface area contributed by atoms with Crippen molar-refractivity contribution < 1.29 is 19.8 Å². The molecule has 74 valence electrons. The highest BCUT2D eigenvalue weighted by Crippen LogP contribution is 2.07. The Morgan fingerprint density at radius 2 is 2.00 bits per heavy atom. The zero-order valence-electron chi connectivity index (χ0n) is 7.23. The second-order valence-corrected chi connectivity index (χ2v) is 3.03. The Morgan fingerprint density at radius 1 is 1.38 bits per heavy atom. The third kappa shape index (κ3) is 1.96. The molecule has 1 fully saturated rings. The summed E-state index contributed by atoms with van der Waals surface area (Å²) in [5.41, 5.74) is 0. The number of carboxylic acid groups (broad SMARTS) is 2. The first kappa shape index (κ1) is 9.94. The third-order valence-electron chi connectivity index (χ3n) is 2.14. The monoisotopic (exact) mass is 188 g/mol. The van der Waals surface area contributed by atoms with Gasteiger partial charge in [0, 0.05) is 13.1 Å². The number of carbonyl (C=O) groups is 2. The second-order valence-electron chi connectivity index (χ2n) is 3.03. The molecule has 1 saturated heterocycles. The largest absolute Gasteiger partial charge is 0.480 e. The first-order valence-electron chi connectivity index (χ1n) is 3.93. The first-order valence-corrected chi connectivity index (χ1v) is 3.93. The van der Waals surface area contributed by atoms with E-state index in [0.717, 1.165) is 0 Å². The number of nitrogens with zero attached hydrogens (tertiary/aromatic N) is 1. The molecule has 6 nitrogen and oxygen atoms in total. The number of hydrogen-bond acceptors (Lipinski definition) is 4. The summed E-state index contributed by atoms with van der Waals surface area (Å²) in [4.78, 5) is 22.9. The molecular formula is C7H12N2O4. The fourth-order valence-electron chi connectivity index (χ4n) is 1.46.